The second-order valence-electron chi connectivity index (χ2n) is 5.43. The number of ketones is 1. The fourth-order valence-corrected chi connectivity index (χ4v) is 2.65. The lowest BCUT2D eigenvalue weighted by Gasteiger charge is -2.37. The Morgan fingerprint density at radius 2 is 1.88 bits per heavy atom. The van der Waals surface area contributed by atoms with E-state index in [2.05, 4.69) is 4.74 Å². The number of allylic oxidation sites excluding steroid dienone is 1. The van der Waals surface area contributed by atoms with Gasteiger partial charge in [0.05, 0.1) is 14.2 Å². The first-order valence-electron chi connectivity index (χ1n) is 7.19. The summed E-state index contributed by atoms with van der Waals surface area (Å²) in [6.07, 6.45) is 2.24. The molecule has 0 radical (unpaired) electrons. The van der Waals surface area contributed by atoms with E-state index >= 15 is 0 Å². The first kappa shape index (κ1) is 16.6. The first-order chi connectivity index (χ1) is 11.8. The molecule has 8 heteroatoms. The maximum Gasteiger partial charge on any atom is 0.353 e. The van der Waals surface area contributed by atoms with Crippen LogP contribution in [0.4, 0.5) is 0 Å². The molecule has 8 nitrogen and oxygen atoms in total. The molecule has 130 valence electrons. The topological polar surface area (TPSA) is 108 Å². The minimum atomic E-state index is -2.33. The van der Waals surface area contributed by atoms with Gasteiger partial charge in [-0.05, 0) is 30.7 Å². The minimum Gasteiger partial charge on any atom is -0.507 e. The van der Waals surface area contributed by atoms with Crippen LogP contribution in [0.25, 0.3) is 0 Å². The van der Waals surface area contributed by atoms with E-state index in [1.54, 1.807) is 6.92 Å². The van der Waals surface area contributed by atoms with Crippen LogP contribution in [0.2, 0.25) is 0 Å². The van der Waals surface area contributed by atoms with E-state index in [4.69, 9.17) is 14.2 Å². The van der Waals surface area contributed by atoms with Crippen LogP contribution in [0.15, 0.2) is 35.6 Å². The molecule has 0 saturated carbocycles. The summed E-state index contributed by atoms with van der Waals surface area (Å²) in [7, 11) is 2.42. The van der Waals surface area contributed by atoms with Gasteiger partial charge in [0, 0.05) is 6.08 Å². The second kappa shape index (κ2) is 5.66. The van der Waals surface area contributed by atoms with E-state index in [1.807, 2.05) is 0 Å². The smallest absolute Gasteiger partial charge is 0.353 e. The maximum absolute atomic E-state index is 12.6. The van der Waals surface area contributed by atoms with Crippen LogP contribution >= 0.6 is 0 Å². The van der Waals surface area contributed by atoms with Gasteiger partial charge in [-0.2, -0.15) is 0 Å². The molecule has 25 heavy (non-hydrogen) atoms. The molecule has 1 aliphatic carbocycles. The van der Waals surface area contributed by atoms with E-state index < -0.39 is 23.5 Å². The van der Waals surface area contributed by atoms with Gasteiger partial charge in [-0.1, -0.05) is 0 Å². The Labute approximate surface area is 142 Å². The highest BCUT2D eigenvalue weighted by Gasteiger charge is 2.56. The van der Waals surface area contributed by atoms with Gasteiger partial charge in [-0.15, -0.1) is 0 Å². The number of hydrogen-bond donors (Lipinski definition) is 1. The zero-order valence-electron chi connectivity index (χ0n) is 13.6. The summed E-state index contributed by atoms with van der Waals surface area (Å²) < 4.78 is 20.4. The Morgan fingerprint density at radius 1 is 1.16 bits per heavy atom. The van der Waals surface area contributed by atoms with Crippen molar-refractivity contribution >= 4 is 17.7 Å². The third kappa shape index (κ3) is 2.42. The average molecular weight is 346 g/mol. The molecule has 3 rings (SSSR count). The van der Waals surface area contributed by atoms with Crippen LogP contribution < -0.4 is 4.74 Å². The maximum atomic E-state index is 12.6. The molecule has 1 aromatic carbocycles. The molecule has 0 bridgehead atoms. The van der Waals surface area contributed by atoms with Crippen molar-refractivity contribution in [3.63, 3.8) is 0 Å². The van der Waals surface area contributed by atoms with Gasteiger partial charge in [0.15, 0.2) is 0 Å². The summed E-state index contributed by atoms with van der Waals surface area (Å²) in [5.74, 6) is -5.44. The van der Waals surface area contributed by atoms with E-state index in [0.29, 0.717) is 5.56 Å². The average Bonchev–Trinajstić information content (AvgIpc) is 2.55. The van der Waals surface area contributed by atoms with Gasteiger partial charge in [0.2, 0.25) is 5.78 Å². The molecule has 2 aliphatic rings. The molecule has 0 fully saturated rings. The van der Waals surface area contributed by atoms with Crippen molar-refractivity contribution in [3.05, 3.63) is 46.7 Å². The summed E-state index contributed by atoms with van der Waals surface area (Å²) >= 11 is 0. The Hall–Kier alpha value is -3.29. The van der Waals surface area contributed by atoms with E-state index in [1.165, 1.54) is 25.3 Å². The Bertz CT molecular complexity index is 864. The quantitative estimate of drug-likeness (QED) is 0.795. The van der Waals surface area contributed by atoms with Crippen molar-refractivity contribution in [2.45, 2.75) is 12.7 Å². The number of phenols is 1. The highest BCUT2D eigenvalue weighted by Crippen LogP contribution is 2.42. The molecule has 1 spiro atoms. The molecule has 1 atom stereocenters. The number of fused-ring (bicyclic) bond motifs is 1. The predicted octanol–water partition coefficient (Wildman–Crippen LogP) is 1.16. The molecule has 1 N–H and O–H groups in total. The molecule has 1 aliphatic heterocycles. The Kier molecular flexibility index (Phi) is 3.75. The van der Waals surface area contributed by atoms with Crippen LogP contribution in [0, 0.1) is 6.92 Å². The van der Waals surface area contributed by atoms with Crippen LogP contribution in [0.1, 0.15) is 15.9 Å². The first-order valence-corrected chi connectivity index (χ1v) is 7.19. The number of esters is 2. The monoisotopic (exact) mass is 346 g/mol. The number of aromatic hydroxyl groups is 1. The van der Waals surface area contributed by atoms with Crippen molar-refractivity contribution in [2.75, 3.05) is 14.2 Å². The van der Waals surface area contributed by atoms with Crippen molar-refractivity contribution in [1.82, 2.24) is 0 Å². The largest absolute Gasteiger partial charge is 0.507 e. The SMILES string of the molecule is COC(=O)C1=CC(OC)=CC(=O)C12OC(=O)c1c(O)cc(C)cc1O2. The molecule has 1 heterocycles. The Balaban J connectivity index is 2.19. The molecule has 1 unspecified atom stereocenters. The number of hydrogen-bond acceptors (Lipinski definition) is 8. The van der Waals surface area contributed by atoms with Gasteiger partial charge < -0.3 is 24.1 Å². The lowest BCUT2D eigenvalue weighted by Crippen LogP contribution is -2.55. The summed E-state index contributed by atoms with van der Waals surface area (Å²) in [6.45, 7) is 1.67. The van der Waals surface area contributed by atoms with Gasteiger partial charge in [-0.3, -0.25) is 4.79 Å². The summed E-state index contributed by atoms with van der Waals surface area (Å²) in [5, 5.41) is 9.96. The Morgan fingerprint density at radius 3 is 2.52 bits per heavy atom. The van der Waals surface area contributed by atoms with Crippen molar-refractivity contribution in [3.8, 4) is 11.5 Å². The number of ether oxygens (including phenoxy) is 4. The van der Waals surface area contributed by atoms with Crippen LogP contribution in [-0.4, -0.2) is 42.8 Å². The molecule has 1 aromatic rings. The standard InChI is InChI=1S/C17H14O8/c1-8-4-11(18)14-12(5-8)24-17(25-16(14)21)10(15(20)23-3)6-9(22-2)7-13(17)19/h4-7,18H,1-3H3. The van der Waals surface area contributed by atoms with Crippen LogP contribution in [0.5, 0.6) is 11.5 Å². The van der Waals surface area contributed by atoms with Gasteiger partial charge >= 0.3 is 17.7 Å². The van der Waals surface area contributed by atoms with E-state index in [9.17, 15) is 19.5 Å². The van der Waals surface area contributed by atoms with Crippen LogP contribution in [0.3, 0.4) is 0 Å². The van der Waals surface area contributed by atoms with E-state index in [0.717, 1.165) is 13.2 Å². The molecular weight excluding hydrogens is 332 g/mol. The van der Waals surface area contributed by atoms with Crippen molar-refractivity contribution in [2.24, 2.45) is 0 Å². The molecule has 0 amide bonds. The number of phenolic OH excluding ortho intramolecular Hbond substituents is 1. The summed E-state index contributed by atoms with van der Waals surface area (Å²) in [5.41, 5.74) is 0.00943. The van der Waals surface area contributed by atoms with E-state index in [-0.39, 0.29) is 28.4 Å². The predicted molar refractivity (Wildman–Crippen MR) is 81.8 cm³/mol. The fourth-order valence-electron chi connectivity index (χ4n) is 2.65. The van der Waals surface area contributed by atoms with Crippen molar-refractivity contribution in [1.29, 1.82) is 0 Å². The number of benzene rings is 1. The number of carbonyl (C=O) groups excluding carboxylic acids is 3. The molecule has 0 saturated heterocycles. The number of aryl methyl sites for hydroxylation is 1. The van der Waals surface area contributed by atoms with Crippen molar-refractivity contribution < 1.29 is 38.4 Å². The fraction of sp³-hybridized carbons (Fsp3) is 0.235. The number of rotatable bonds is 2. The highest BCUT2D eigenvalue weighted by molar-refractivity contribution is 6.12. The normalized spacial score (nSPS) is 21.6. The zero-order chi connectivity index (χ0) is 18.4. The highest BCUT2D eigenvalue weighted by atomic mass is 16.7. The lowest BCUT2D eigenvalue weighted by atomic mass is 9.93. The second-order valence-corrected chi connectivity index (χ2v) is 5.43. The number of methoxy groups -OCH3 is 2. The number of carbonyl (C=O) groups is 3. The summed E-state index contributed by atoms with van der Waals surface area (Å²) in [6, 6.07) is 2.80. The zero-order valence-corrected chi connectivity index (χ0v) is 13.6. The van der Waals surface area contributed by atoms with Gasteiger partial charge in [-0.25, -0.2) is 9.59 Å². The minimum absolute atomic E-state index is 0.0774. The third-order valence-electron chi connectivity index (χ3n) is 3.80. The lowest BCUT2D eigenvalue weighted by molar-refractivity contribution is -0.169. The van der Waals surface area contributed by atoms with Crippen LogP contribution in [-0.2, 0) is 23.8 Å². The summed E-state index contributed by atoms with van der Waals surface area (Å²) in [4.78, 5) is 37.2. The van der Waals surface area contributed by atoms with Gasteiger partial charge in [0.1, 0.15) is 28.4 Å². The third-order valence-corrected chi connectivity index (χ3v) is 3.80. The molecule has 0 aromatic heterocycles. The molecular formula is C17H14O8. The van der Waals surface area contributed by atoms with Gasteiger partial charge in [0.25, 0.3) is 0 Å².